The first-order chi connectivity index (χ1) is 3.92. The van der Waals surface area contributed by atoms with Gasteiger partial charge in [0.15, 0.2) is 0 Å². The molecule has 0 spiro atoms. The van der Waals surface area contributed by atoms with Crippen LogP contribution in [-0.2, 0) is 0 Å². The van der Waals surface area contributed by atoms with E-state index < -0.39 is 5.72 Å². The molecule has 56 valence electrons. The van der Waals surface area contributed by atoms with Crippen LogP contribution in [0.3, 0.4) is 0 Å². The normalized spacial score (nSPS) is 18.0. The van der Waals surface area contributed by atoms with Gasteiger partial charge in [0.25, 0.3) is 0 Å². The predicted molar refractivity (Wildman–Crippen MR) is 38.9 cm³/mol. The Balaban J connectivity index is 3.28. The zero-order valence-corrected chi connectivity index (χ0v) is 6.52. The molecule has 0 bridgehead atoms. The molecule has 0 amide bonds. The molecular weight excluding hydrogens is 114 g/mol. The summed E-state index contributed by atoms with van der Waals surface area (Å²) in [4.78, 5) is 0. The van der Waals surface area contributed by atoms with Crippen LogP contribution in [0.25, 0.3) is 0 Å². The zero-order chi connectivity index (χ0) is 7.49. The summed E-state index contributed by atoms with van der Waals surface area (Å²) in [6.07, 6.45) is 1.67. The van der Waals surface area contributed by atoms with Gasteiger partial charge in [0.1, 0.15) is 5.72 Å². The molecule has 0 fully saturated rings. The van der Waals surface area contributed by atoms with Crippen molar-refractivity contribution in [3.05, 3.63) is 0 Å². The average molecular weight is 131 g/mol. The SMILES string of the molecule is CC(C)CCC(C)(N)O. The third-order valence-electron chi connectivity index (χ3n) is 1.23. The van der Waals surface area contributed by atoms with Crippen molar-refractivity contribution in [1.82, 2.24) is 0 Å². The molecular formula is C7H17NO. The molecule has 0 aromatic heterocycles. The largest absolute Gasteiger partial charge is 0.376 e. The first-order valence-electron chi connectivity index (χ1n) is 3.43. The van der Waals surface area contributed by atoms with Crippen molar-refractivity contribution >= 4 is 0 Å². The minimum atomic E-state index is -0.968. The molecule has 0 aliphatic rings. The summed E-state index contributed by atoms with van der Waals surface area (Å²) in [5, 5.41) is 9.04. The monoisotopic (exact) mass is 131 g/mol. The Kier molecular flexibility index (Phi) is 3.15. The first kappa shape index (κ1) is 8.92. The predicted octanol–water partition coefficient (Wildman–Crippen LogP) is 1.09. The first-order valence-corrected chi connectivity index (χ1v) is 3.43. The third kappa shape index (κ3) is 7.92. The summed E-state index contributed by atoms with van der Waals surface area (Å²) < 4.78 is 0. The molecule has 0 aromatic rings. The molecule has 2 nitrogen and oxygen atoms in total. The van der Waals surface area contributed by atoms with Crippen molar-refractivity contribution < 1.29 is 5.11 Å². The highest BCUT2D eigenvalue weighted by Gasteiger charge is 2.12. The van der Waals surface area contributed by atoms with Gasteiger partial charge in [-0.15, -0.1) is 0 Å². The Morgan fingerprint density at radius 3 is 2.11 bits per heavy atom. The van der Waals surface area contributed by atoms with Crippen molar-refractivity contribution in [3.63, 3.8) is 0 Å². The lowest BCUT2D eigenvalue weighted by Crippen LogP contribution is -2.35. The molecule has 3 N–H and O–H groups in total. The van der Waals surface area contributed by atoms with E-state index in [4.69, 9.17) is 10.8 Å². The quantitative estimate of drug-likeness (QED) is 0.563. The fourth-order valence-electron chi connectivity index (χ4n) is 0.581. The summed E-state index contributed by atoms with van der Waals surface area (Å²) in [7, 11) is 0. The van der Waals surface area contributed by atoms with E-state index in [9.17, 15) is 0 Å². The lowest BCUT2D eigenvalue weighted by molar-refractivity contribution is 0.0522. The van der Waals surface area contributed by atoms with Crippen LogP contribution in [0.2, 0.25) is 0 Å². The van der Waals surface area contributed by atoms with Crippen molar-refractivity contribution in [2.75, 3.05) is 0 Å². The number of rotatable bonds is 3. The lowest BCUT2D eigenvalue weighted by atomic mass is 10.0. The maximum Gasteiger partial charge on any atom is 0.110 e. The molecule has 0 rings (SSSR count). The van der Waals surface area contributed by atoms with Gasteiger partial charge in [-0.05, 0) is 25.7 Å². The van der Waals surface area contributed by atoms with E-state index in [-0.39, 0.29) is 0 Å². The topological polar surface area (TPSA) is 46.2 Å². The second kappa shape index (κ2) is 3.18. The standard InChI is InChI=1S/C7H17NO/c1-6(2)4-5-7(3,8)9/h6,9H,4-5,8H2,1-3H3. The van der Waals surface area contributed by atoms with E-state index in [0.29, 0.717) is 12.3 Å². The minimum absolute atomic E-state index is 0.625. The second-order valence-electron chi connectivity index (χ2n) is 3.29. The fraction of sp³-hybridized carbons (Fsp3) is 1.00. The van der Waals surface area contributed by atoms with Gasteiger partial charge in [0, 0.05) is 0 Å². The van der Waals surface area contributed by atoms with Crippen LogP contribution in [-0.4, -0.2) is 10.8 Å². The molecule has 0 heterocycles. The molecule has 0 radical (unpaired) electrons. The fourth-order valence-corrected chi connectivity index (χ4v) is 0.581. The van der Waals surface area contributed by atoms with E-state index in [0.717, 1.165) is 6.42 Å². The van der Waals surface area contributed by atoms with Gasteiger partial charge in [0.05, 0.1) is 0 Å². The summed E-state index contributed by atoms with van der Waals surface area (Å²) in [5.41, 5.74) is 4.37. The number of hydrogen-bond donors (Lipinski definition) is 2. The highest BCUT2D eigenvalue weighted by Crippen LogP contribution is 2.10. The molecule has 1 atom stereocenters. The third-order valence-corrected chi connectivity index (χ3v) is 1.23. The Labute approximate surface area is 57.1 Å². The van der Waals surface area contributed by atoms with Crippen molar-refractivity contribution in [1.29, 1.82) is 0 Å². The molecule has 0 saturated carbocycles. The number of hydrogen-bond acceptors (Lipinski definition) is 2. The highest BCUT2D eigenvalue weighted by molar-refractivity contribution is 4.63. The molecule has 0 aliphatic carbocycles. The Bertz CT molecular complexity index is 73.5. The van der Waals surface area contributed by atoms with Crippen LogP contribution in [0.4, 0.5) is 0 Å². The lowest BCUT2D eigenvalue weighted by Gasteiger charge is -2.17. The van der Waals surface area contributed by atoms with E-state index in [2.05, 4.69) is 13.8 Å². The van der Waals surface area contributed by atoms with Crippen LogP contribution in [0.5, 0.6) is 0 Å². The van der Waals surface area contributed by atoms with Gasteiger partial charge in [0.2, 0.25) is 0 Å². The summed E-state index contributed by atoms with van der Waals surface area (Å²) in [6.45, 7) is 5.87. The molecule has 0 aliphatic heterocycles. The van der Waals surface area contributed by atoms with Gasteiger partial charge in [-0.25, -0.2) is 0 Å². The van der Waals surface area contributed by atoms with Gasteiger partial charge in [-0.2, -0.15) is 0 Å². The van der Waals surface area contributed by atoms with Crippen LogP contribution in [0, 0.1) is 5.92 Å². The van der Waals surface area contributed by atoms with E-state index >= 15 is 0 Å². The summed E-state index contributed by atoms with van der Waals surface area (Å²) in [6, 6.07) is 0. The van der Waals surface area contributed by atoms with Crippen LogP contribution in [0.1, 0.15) is 33.6 Å². The van der Waals surface area contributed by atoms with Crippen LogP contribution in [0.15, 0.2) is 0 Å². The van der Waals surface area contributed by atoms with Gasteiger partial charge >= 0.3 is 0 Å². The van der Waals surface area contributed by atoms with Gasteiger partial charge < -0.3 is 10.8 Å². The number of nitrogens with two attached hydrogens (primary N) is 1. The Morgan fingerprint density at radius 1 is 1.56 bits per heavy atom. The highest BCUT2D eigenvalue weighted by atomic mass is 16.3. The summed E-state index contributed by atoms with van der Waals surface area (Å²) in [5.74, 6) is 0.625. The second-order valence-corrected chi connectivity index (χ2v) is 3.29. The smallest absolute Gasteiger partial charge is 0.110 e. The van der Waals surface area contributed by atoms with Crippen LogP contribution >= 0.6 is 0 Å². The summed E-state index contributed by atoms with van der Waals surface area (Å²) >= 11 is 0. The average Bonchev–Trinajstić information content (AvgIpc) is 1.59. The van der Waals surface area contributed by atoms with E-state index in [1.165, 1.54) is 0 Å². The minimum Gasteiger partial charge on any atom is -0.376 e. The maximum absolute atomic E-state index is 9.04. The Morgan fingerprint density at radius 2 is 2.00 bits per heavy atom. The Hall–Kier alpha value is -0.0800. The van der Waals surface area contributed by atoms with Gasteiger partial charge in [-0.3, -0.25) is 0 Å². The van der Waals surface area contributed by atoms with E-state index in [1.54, 1.807) is 6.92 Å². The molecule has 1 unspecified atom stereocenters. The molecule has 9 heavy (non-hydrogen) atoms. The van der Waals surface area contributed by atoms with Crippen molar-refractivity contribution in [2.24, 2.45) is 11.7 Å². The van der Waals surface area contributed by atoms with Gasteiger partial charge in [-0.1, -0.05) is 13.8 Å². The molecule has 0 aromatic carbocycles. The number of aliphatic hydroxyl groups is 1. The molecule has 0 saturated heterocycles. The zero-order valence-electron chi connectivity index (χ0n) is 6.52. The van der Waals surface area contributed by atoms with Crippen molar-refractivity contribution in [2.45, 2.75) is 39.3 Å². The van der Waals surface area contributed by atoms with Crippen molar-refractivity contribution in [3.8, 4) is 0 Å². The van der Waals surface area contributed by atoms with Crippen LogP contribution < -0.4 is 5.73 Å². The molecule has 2 heteroatoms. The maximum atomic E-state index is 9.04. The van der Waals surface area contributed by atoms with E-state index in [1.807, 2.05) is 0 Å².